The molecule has 0 spiro atoms. The number of aryl methyl sites for hydroxylation is 1. The molecule has 2 heterocycles. The second-order valence-corrected chi connectivity index (χ2v) is 8.35. The highest BCUT2D eigenvalue weighted by Gasteiger charge is 2.14. The van der Waals surface area contributed by atoms with Crippen molar-refractivity contribution in [3.8, 4) is 17.0 Å². The Morgan fingerprint density at radius 1 is 1.12 bits per heavy atom. The molecule has 2 aromatic heterocycles. The van der Waals surface area contributed by atoms with Crippen LogP contribution in [0.5, 0.6) is 5.75 Å². The molecule has 2 aromatic carbocycles. The van der Waals surface area contributed by atoms with E-state index in [1.165, 1.54) is 28.7 Å². The number of aromatic nitrogens is 2. The highest BCUT2D eigenvalue weighted by Crippen LogP contribution is 2.30. The maximum atomic E-state index is 12.3. The number of anilines is 1. The largest absolute Gasteiger partial charge is 0.497 e. The van der Waals surface area contributed by atoms with Crippen molar-refractivity contribution in [1.29, 1.82) is 0 Å². The van der Waals surface area contributed by atoms with Crippen molar-refractivity contribution >= 4 is 28.5 Å². The summed E-state index contributed by atoms with van der Waals surface area (Å²) in [6, 6.07) is 20.1. The summed E-state index contributed by atoms with van der Waals surface area (Å²) in [4.78, 5) is 17.0. The van der Waals surface area contributed by atoms with E-state index in [1.54, 1.807) is 13.2 Å². The second kappa shape index (κ2) is 9.66. The van der Waals surface area contributed by atoms with E-state index >= 15 is 0 Å². The van der Waals surface area contributed by atoms with Gasteiger partial charge in [-0.3, -0.25) is 10.1 Å². The van der Waals surface area contributed by atoms with Crippen LogP contribution in [0.2, 0.25) is 0 Å². The Hall–Kier alpha value is -3.64. The predicted octanol–water partition coefficient (Wildman–Crippen LogP) is 5.94. The van der Waals surface area contributed by atoms with Crippen molar-refractivity contribution in [1.82, 2.24) is 9.55 Å². The second-order valence-electron chi connectivity index (χ2n) is 7.49. The normalized spacial score (nSPS) is 11.1. The molecule has 0 saturated carbocycles. The van der Waals surface area contributed by atoms with Gasteiger partial charge in [0.25, 0.3) is 0 Å². The van der Waals surface area contributed by atoms with Gasteiger partial charge < -0.3 is 9.30 Å². The number of nitrogens with zero attached hydrogens (tertiary/aromatic N) is 2. The van der Waals surface area contributed by atoms with Crippen molar-refractivity contribution in [2.24, 2.45) is 0 Å². The third-order valence-corrected chi connectivity index (χ3v) is 6.05. The van der Waals surface area contributed by atoms with E-state index in [4.69, 9.17) is 4.74 Å². The Kier molecular flexibility index (Phi) is 6.52. The maximum absolute atomic E-state index is 12.3. The van der Waals surface area contributed by atoms with Crippen LogP contribution in [0.15, 0.2) is 72.1 Å². The number of nitrogens with one attached hydrogen (secondary N) is 1. The van der Waals surface area contributed by atoms with Crippen LogP contribution in [-0.2, 0) is 11.3 Å². The van der Waals surface area contributed by atoms with Gasteiger partial charge in [-0.25, -0.2) is 4.98 Å². The number of amides is 1. The zero-order chi connectivity index (χ0) is 22.5. The van der Waals surface area contributed by atoms with E-state index < -0.39 is 0 Å². The summed E-state index contributed by atoms with van der Waals surface area (Å²) in [6.45, 7) is 5.04. The lowest BCUT2D eigenvalue weighted by Crippen LogP contribution is -2.07. The van der Waals surface area contributed by atoms with Crippen molar-refractivity contribution in [2.45, 2.75) is 20.4 Å². The van der Waals surface area contributed by atoms with E-state index in [-0.39, 0.29) is 5.91 Å². The first kappa shape index (κ1) is 21.6. The number of methoxy groups -OCH3 is 1. The summed E-state index contributed by atoms with van der Waals surface area (Å²) in [5, 5.41) is 5.41. The van der Waals surface area contributed by atoms with Crippen molar-refractivity contribution in [3.63, 3.8) is 0 Å². The van der Waals surface area contributed by atoms with Crippen molar-refractivity contribution in [3.05, 3.63) is 94.6 Å². The molecule has 0 aliphatic carbocycles. The molecular formula is C26H25N3O2S. The van der Waals surface area contributed by atoms with Crippen LogP contribution in [0.1, 0.15) is 22.5 Å². The first-order valence-electron chi connectivity index (χ1n) is 10.3. The molecule has 162 valence electrons. The molecule has 5 nitrogen and oxygen atoms in total. The van der Waals surface area contributed by atoms with Gasteiger partial charge in [-0.1, -0.05) is 42.5 Å². The van der Waals surface area contributed by atoms with E-state index in [1.807, 2.05) is 35.7 Å². The first-order chi connectivity index (χ1) is 15.5. The lowest BCUT2D eigenvalue weighted by molar-refractivity contribution is -0.111. The molecular weight excluding hydrogens is 418 g/mol. The molecule has 0 bridgehead atoms. The lowest BCUT2D eigenvalue weighted by Gasteiger charge is -2.09. The number of carbonyl (C=O) groups is 1. The molecule has 1 amide bonds. The molecule has 0 atom stereocenters. The average molecular weight is 444 g/mol. The molecule has 4 aromatic rings. The number of benzene rings is 2. The highest BCUT2D eigenvalue weighted by molar-refractivity contribution is 7.14. The van der Waals surface area contributed by atoms with Gasteiger partial charge in [0.1, 0.15) is 5.75 Å². The minimum absolute atomic E-state index is 0.219. The van der Waals surface area contributed by atoms with E-state index in [0.717, 1.165) is 34.8 Å². The summed E-state index contributed by atoms with van der Waals surface area (Å²) in [5.74, 6) is 0.533. The Labute approximate surface area is 192 Å². The summed E-state index contributed by atoms with van der Waals surface area (Å²) in [6.07, 6.45) is 3.26. The van der Waals surface area contributed by atoms with E-state index in [2.05, 4.69) is 59.0 Å². The number of carbonyl (C=O) groups excluding carboxylic acids is 1. The fraction of sp³-hybridized carbons (Fsp3) is 0.154. The molecule has 0 unspecified atom stereocenters. The van der Waals surface area contributed by atoms with Gasteiger partial charge in [-0.05, 0) is 49.2 Å². The molecule has 32 heavy (non-hydrogen) atoms. The molecule has 6 heteroatoms. The van der Waals surface area contributed by atoms with Gasteiger partial charge >= 0.3 is 0 Å². The van der Waals surface area contributed by atoms with Crippen LogP contribution >= 0.6 is 11.3 Å². The Bertz CT molecular complexity index is 1260. The molecule has 0 aliphatic rings. The molecule has 4 rings (SSSR count). The Balaban J connectivity index is 1.46. The van der Waals surface area contributed by atoms with Crippen LogP contribution in [0.3, 0.4) is 0 Å². The number of ether oxygens (including phenoxy) is 1. The Morgan fingerprint density at radius 2 is 1.94 bits per heavy atom. The van der Waals surface area contributed by atoms with Crippen molar-refractivity contribution in [2.75, 3.05) is 12.4 Å². The molecule has 0 radical (unpaired) electrons. The molecule has 0 aliphatic heterocycles. The fourth-order valence-corrected chi connectivity index (χ4v) is 4.30. The smallest absolute Gasteiger partial charge is 0.250 e. The summed E-state index contributed by atoms with van der Waals surface area (Å²) in [7, 11) is 1.62. The van der Waals surface area contributed by atoms with Crippen molar-refractivity contribution < 1.29 is 9.53 Å². The summed E-state index contributed by atoms with van der Waals surface area (Å²) in [5.41, 5.74) is 6.45. The van der Waals surface area contributed by atoms with Crippen LogP contribution in [0, 0.1) is 13.8 Å². The standard InChI is InChI=1S/C26H25N3O2S/c1-18-14-23(19(2)29(18)16-21-8-5-4-6-9-21)24-17-32-26(27-24)28-25(30)13-12-20-10-7-11-22(15-20)31-3/h4-15,17H,16H2,1-3H3,(H,27,28,30)/b13-12+. The van der Waals surface area contributed by atoms with Gasteiger partial charge in [0.15, 0.2) is 5.13 Å². The average Bonchev–Trinajstić information content (AvgIpc) is 3.38. The summed E-state index contributed by atoms with van der Waals surface area (Å²) >= 11 is 1.42. The number of hydrogen-bond donors (Lipinski definition) is 1. The van der Waals surface area contributed by atoms with Crippen LogP contribution in [0.4, 0.5) is 5.13 Å². The van der Waals surface area contributed by atoms with Gasteiger partial charge in [0.05, 0.1) is 12.8 Å². The fourth-order valence-electron chi connectivity index (χ4n) is 3.59. The maximum Gasteiger partial charge on any atom is 0.250 e. The van der Waals surface area contributed by atoms with Gasteiger partial charge in [-0.15, -0.1) is 11.3 Å². The first-order valence-corrected chi connectivity index (χ1v) is 11.2. The number of hydrogen-bond acceptors (Lipinski definition) is 4. The molecule has 0 fully saturated rings. The summed E-state index contributed by atoms with van der Waals surface area (Å²) < 4.78 is 7.50. The SMILES string of the molecule is COc1cccc(/C=C/C(=O)Nc2nc(-c3cc(C)n(Cc4ccccc4)c3C)cs2)c1. The number of rotatable bonds is 7. The zero-order valence-electron chi connectivity index (χ0n) is 18.3. The third kappa shape index (κ3) is 4.98. The third-order valence-electron chi connectivity index (χ3n) is 5.29. The topological polar surface area (TPSA) is 56.1 Å². The van der Waals surface area contributed by atoms with Gasteiger partial charge in [0.2, 0.25) is 5.91 Å². The van der Waals surface area contributed by atoms with E-state index in [9.17, 15) is 4.79 Å². The minimum Gasteiger partial charge on any atom is -0.497 e. The highest BCUT2D eigenvalue weighted by atomic mass is 32.1. The van der Waals surface area contributed by atoms with Crippen LogP contribution < -0.4 is 10.1 Å². The minimum atomic E-state index is -0.219. The van der Waals surface area contributed by atoms with E-state index in [0.29, 0.717) is 5.13 Å². The molecule has 1 N–H and O–H groups in total. The van der Waals surface area contributed by atoms with Gasteiger partial charge in [0, 0.05) is 35.0 Å². The zero-order valence-corrected chi connectivity index (χ0v) is 19.1. The lowest BCUT2D eigenvalue weighted by atomic mass is 10.2. The van der Waals surface area contributed by atoms with Gasteiger partial charge in [-0.2, -0.15) is 0 Å². The monoisotopic (exact) mass is 443 g/mol. The van der Waals surface area contributed by atoms with Crippen LogP contribution in [-0.4, -0.2) is 22.6 Å². The van der Waals surface area contributed by atoms with Crippen LogP contribution in [0.25, 0.3) is 17.3 Å². The Morgan fingerprint density at radius 3 is 2.72 bits per heavy atom. The molecule has 0 saturated heterocycles. The number of thiazole rings is 1. The quantitative estimate of drug-likeness (QED) is 0.360. The predicted molar refractivity (Wildman–Crippen MR) is 131 cm³/mol.